The normalized spacial score (nSPS) is 10.5. The van der Waals surface area contributed by atoms with Crippen LogP contribution in [0.4, 0.5) is 0 Å². The molecule has 0 aromatic heterocycles. The van der Waals surface area contributed by atoms with Crippen LogP contribution in [0.5, 0.6) is 0 Å². The van der Waals surface area contributed by atoms with Crippen molar-refractivity contribution in [3.05, 3.63) is 36.6 Å². The highest BCUT2D eigenvalue weighted by Crippen LogP contribution is 1.93. The minimum absolute atomic E-state index is 0.772. The second kappa shape index (κ2) is 13.3. The van der Waals surface area contributed by atoms with Gasteiger partial charge in [-0.15, -0.1) is 6.58 Å². The van der Waals surface area contributed by atoms with Crippen LogP contribution in [-0.4, -0.2) is 13.8 Å². The van der Waals surface area contributed by atoms with Gasteiger partial charge >= 0.3 is 0 Å². The maximum atomic E-state index is 5.56. The Labute approximate surface area is 81.6 Å². The van der Waals surface area contributed by atoms with Crippen LogP contribution in [-0.2, 0) is 0 Å². The number of hydrogen-bond donors (Lipinski definition) is 1. The summed E-state index contributed by atoms with van der Waals surface area (Å²) in [5.41, 5.74) is 6.42. The number of rotatable bonds is 4. The molecule has 0 aromatic carbocycles. The van der Waals surface area contributed by atoms with Crippen molar-refractivity contribution in [3.63, 3.8) is 0 Å². The summed E-state index contributed by atoms with van der Waals surface area (Å²) >= 11 is 0. The van der Waals surface area contributed by atoms with Crippen LogP contribution in [0.15, 0.2) is 41.6 Å². The van der Waals surface area contributed by atoms with E-state index in [0.29, 0.717) is 0 Å². The van der Waals surface area contributed by atoms with Gasteiger partial charge in [0.15, 0.2) is 0 Å². The minimum atomic E-state index is 0.772. The van der Waals surface area contributed by atoms with E-state index in [-0.39, 0.29) is 0 Å². The van der Waals surface area contributed by atoms with Gasteiger partial charge in [0, 0.05) is 19.2 Å². The highest BCUT2D eigenvalue weighted by Gasteiger charge is 1.79. The second-order valence-electron chi connectivity index (χ2n) is 2.39. The van der Waals surface area contributed by atoms with Crippen LogP contribution in [0, 0.1) is 0 Å². The van der Waals surface area contributed by atoms with E-state index >= 15 is 0 Å². The summed E-state index contributed by atoms with van der Waals surface area (Å²) in [5.74, 6) is 0. The van der Waals surface area contributed by atoms with Gasteiger partial charge in [-0.1, -0.05) is 25.2 Å². The van der Waals surface area contributed by atoms with Gasteiger partial charge < -0.3 is 10.7 Å². The SMILES string of the molecule is C=CC/C(N)=C\C=C/CC.C=NC. The van der Waals surface area contributed by atoms with Crippen molar-refractivity contribution in [3.8, 4) is 0 Å². The standard InChI is InChI=1S/C9H15N.C2H5N/c1-3-5-6-8-9(10)7-4-2;1-3-2/h4-6,8H,2-3,7,10H2,1H3;1H2,2H3/b6-5-,9-8+;. The molecule has 0 radical (unpaired) electrons. The first-order chi connectivity index (χ1) is 6.22. The lowest BCUT2D eigenvalue weighted by Crippen LogP contribution is -1.93. The topological polar surface area (TPSA) is 38.4 Å². The van der Waals surface area contributed by atoms with E-state index in [1.165, 1.54) is 0 Å². The lowest BCUT2D eigenvalue weighted by molar-refractivity contribution is 1.16. The number of hydrogen-bond acceptors (Lipinski definition) is 2. The average molecular weight is 180 g/mol. The summed E-state index contributed by atoms with van der Waals surface area (Å²) in [5, 5.41) is 0. The lowest BCUT2D eigenvalue weighted by Gasteiger charge is -1.90. The fourth-order valence-electron chi connectivity index (χ4n) is 0.562. The molecule has 0 aliphatic rings. The highest BCUT2D eigenvalue weighted by molar-refractivity contribution is 5.22. The van der Waals surface area contributed by atoms with Crippen molar-refractivity contribution in [2.45, 2.75) is 19.8 Å². The van der Waals surface area contributed by atoms with Gasteiger partial charge in [-0.2, -0.15) is 0 Å². The van der Waals surface area contributed by atoms with Crippen LogP contribution < -0.4 is 5.73 Å². The Morgan fingerprint density at radius 1 is 1.54 bits per heavy atom. The van der Waals surface area contributed by atoms with Crippen molar-refractivity contribution in [2.24, 2.45) is 10.7 Å². The molecule has 0 heterocycles. The van der Waals surface area contributed by atoms with Gasteiger partial charge in [0.05, 0.1) is 0 Å². The van der Waals surface area contributed by atoms with Crippen LogP contribution in [0.1, 0.15) is 19.8 Å². The van der Waals surface area contributed by atoms with Gasteiger partial charge in [0.25, 0.3) is 0 Å². The quantitative estimate of drug-likeness (QED) is 0.403. The van der Waals surface area contributed by atoms with Crippen molar-refractivity contribution in [1.82, 2.24) is 0 Å². The zero-order valence-electron chi connectivity index (χ0n) is 8.66. The molecule has 0 aliphatic heterocycles. The van der Waals surface area contributed by atoms with Gasteiger partial charge in [-0.25, -0.2) is 0 Å². The molecule has 2 heteroatoms. The maximum absolute atomic E-state index is 5.56. The van der Waals surface area contributed by atoms with Crippen LogP contribution in [0.3, 0.4) is 0 Å². The number of aliphatic imine (C=N–C) groups is 1. The Bertz CT molecular complexity index is 179. The molecule has 2 nitrogen and oxygen atoms in total. The predicted octanol–water partition coefficient (Wildman–Crippen LogP) is 2.69. The van der Waals surface area contributed by atoms with E-state index in [9.17, 15) is 0 Å². The third-order valence-corrected chi connectivity index (χ3v) is 1.06. The largest absolute Gasteiger partial charge is 0.402 e. The van der Waals surface area contributed by atoms with Gasteiger partial charge in [-0.3, -0.25) is 0 Å². The van der Waals surface area contributed by atoms with E-state index in [1.807, 2.05) is 12.2 Å². The Balaban J connectivity index is 0. The van der Waals surface area contributed by atoms with Crippen LogP contribution in [0.2, 0.25) is 0 Å². The molecule has 0 amide bonds. The molecule has 0 fully saturated rings. The molecule has 0 rings (SSSR count). The third-order valence-electron chi connectivity index (χ3n) is 1.06. The molecule has 0 aromatic rings. The van der Waals surface area contributed by atoms with E-state index < -0.39 is 0 Å². The summed E-state index contributed by atoms with van der Waals surface area (Å²) in [6.07, 6.45) is 9.57. The number of nitrogens with zero attached hydrogens (tertiary/aromatic N) is 1. The first-order valence-electron chi connectivity index (χ1n) is 4.29. The summed E-state index contributed by atoms with van der Waals surface area (Å²) in [4.78, 5) is 3.25. The zero-order chi connectivity index (χ0) is 10.5. The van der Waals surface area contributed by atoms with Crippen molar-refractivity contribution < 1.29 is 0 Å². The first kappa shape index (κ1) is 14.2. The van der Waals surface area contributed by atoms with E-state index in [1.54, 1.807) is 13.1 Å². The Morgan fingerprint density at radius 2 is 2.08 bits per heavy atom. The molecular formula is C11H20N2. The number of allylic oxidation sites excluding steroid dienone is 4. The molecule has 13 heavy (non-hydrogen) atoms. The highest BCUT2D eigenvalue weighted by atomic mass is 14.6. The van der Waals surface area contributed by atoms with Crippen molar-refractivity contribution in [1.29, 1.82) is 0 Å². The van der Waals surface area contributed by atoms with Crippen LogP contribution in [0.25, 0.3) is 0 Å². The van der Waals surface area contributed by atoms with Crippen LogP contribution >= 0.6 is 0 Å². The Morgan fingerprint density at radius 3 is 2.46 bits per heavy atom. The van der Waals surface area contributed by atoms with Gasteiger partial charge in [0.2, 0.25) is 0 Å². The summed E-state index contributed by atoms with van der Waals surface area (Å²) in [6.45, 7) is 8.79. The fourth-order valence-corrected chi connectivity index (χ4v) is 0.562. The van der Waals surface area contributed by atoms with Gasteiger partial charge in [-0.05, 0) is 19.2 Å². The monoisotopic (exact) mass is 180 g/mol. The first-order valence-corrected chi connectivity index (χ1v) is 4.29. The second-order valence-corrected chi connectivity index (χ2v) is 2.39. The van der Waals surface area contributed by atoms with Gasteiger partial charge in [0.1, 0.15) is 0 Å². The summed E-state index contributed by atoms with van der Waals surface area (Å²) in [7, 11) is 1.64. The molecule has 0 unspecified atom stereocenters. The maximum Gasteiger partial charge on any atom is 0.0269 e. The average Bonchev–Trinajstić information content (AvgIpc) is 2.07. The predicted molar refractivity (Wildman–Crippen MR) is 62.0 cm³/mol. The minimum Gasteiger partial charge on any atom is -0.402 e. The Kier molecular flexibility index (Phi) is 14.5. The fraction of sp³-hybridized carbons (Fsp3) is 0.364. The number of nitrogens with two attached hydrogens (primary N) is 1. The van der Waals surface area contributed by atoms with E-state index in [2.05, 4.69) is 31.3 Å². The third kappa shape index (κ3) is 18.0. The summed E-state index contributed by atoms with van der Waals surface area (Å²) in [6, 6.07) is 0. The summed E-state index contributed by atoms with van der Waals surface area (Å²) < 4.78 is 0. The molecule has 74 valence electrons. The molecule has 0 saturated heterocycles. The smallest absolute Gasteiger partial charge is 0.0269 e. The molecular weight excluding hydrogens is 160 g/mol. The Hall–Kier alpha value is -1.31. The van der Waals surface area contributed by atoms with Crippen molar-refractivity contribution in [2.75, 3.05) is 7.05 Å². The zero-order valence-corrected chi connectivity index (χ0v) is 8.66. The van der Waals surface area contributed by atoms with Crippen molar-refractivity contribution >= 4 is 6.72 Å². The molecule has 0 spiro atoms. The molecule has 0 bridgehead atoms. The van der Waals surface area contributed by atoms with E-state index in [4.69, 9.17) is 5.73 Å². The lowest BCUT2D eigenvalue weighted by atomic mass is 10.3. The molecule has 0 atom stereocenters. The molecule has 0 aliphatic carbocycles. The molecule has 0 saturated carbocycles. The van der Waals surface area contributed by atoms with E-state index in [0.717, 1.165) is 18.5 Å². The molecule has 2 N–H and O–H groups in total.